The first-order chi connectivity index (χ1) is 18.6. The van der Waals surface area contributed by atoms with Gasteiger partial charge in [0.15, 0.2) is 0 Å². The average Bonchev–Trinajstić information content (AvgIpc) is 2.84. The number of nitrogens with one attached hydrogen (secondary N) is 1. The topological polar surface area (TPSA) is 86.8 Å². The molecule has 1 N–H and O–H groups in total. The van der Waals surface area contributed by atoms with Gasteiger partial charge in [-0.25, -0.2) is 8.42 Å². The van der Waals surface area contributed by atoms with E-state index in [0.717, 1.165) is 19.9 Å². The lowest BCUT2D eigenvalue weighted by atomic mass is 10.1. The van der Waals surface area contributed by atoms with Crippen molar-refractivity contribution in [2.24, 2.45) is 0 Å². The molecule has 0 heterocycles. The number of hydrogen-bond acceptors (Lipinski definition) is 4. The Kier molecular flexibility index (Phi) is 10.3. The van der Waals surface area contributed by atoms with Gasteiger partial charge in [0.1, 0.15) is 12.6 Å². The molecule has 3 aromatic rings. The predicted octanol–water partition coefficient (Wildman–Crippen LogP) is 6.59. The summed E-state index contributed by atoms with van der Waals surface area (Å²) < 4.78 is 29.6. The number of halogens is 3. The molecule has 0 radical (unpaired) electrons. The molecule has 0 saturated heterocycles. The Morgan fingerprint density at radius 3 is 2.12 bits per heavy atom. The second kappa shape index (κ2) is 12.9. The number of sulfonamides is 1. The van der Waals surface area contributed by atoms with Crippen molar-refractivity contribution in [2.75, 3.05) is 10.8 Å². The van der Waals surface area contributed by atoms with Crippen molar-refractivity contribution in [1.82, 2.24) is 10.2 Å². The largest absolute Gasteiger partial charge is 0.350 e. The van der Waals surface area contributed by atoms with Crippen LogP contribution in [0.5, 0.6) is 0 Å². The minimum absolute atomic E-state index is 0.000869. The average molecular weight is 669 g/mol. The Labute approximate surface area is 254 Å². The maximum atomic E-state index is 14.0. The molecular weight excluding hydrogens is 637 g/mol. The summed E-state index contributed by atoms with van der Waals surface area (Å²) in [6.07, 6.45) is 0. The third-order valence-electron chi connectivity index (χ3n) is 5.93. The summed E-state index contributed by atoms with van der Waals surface area (Å²) in [6.45, 7) is 8.48. The van der Waals surface area contributed by atoms with Crippen LogP contribution in [-0.4, -0.2) is 43.3 Å². The number of anilines is 1. The Morgan fingerprint density at radius 1 is 0.975 bits per heavy atom. The Balaban J connectivity index is 2.07. The van der Waals surface area contributed by atoms with Gasteiger partial charge >= 0.3 is 0 Å². The first-order valence-electron chi connectivity index (χ1n) is 12.5. The number of amides is 2. The van der Waals surface area contributed by atoms with Crippen molar-refractivity contribution in [3.8, 4) is 0 Å². The van der Waals surface area contributed by atoms with Crippen molar-refractivity contribution in [3.05, 3.63) is 92.4 Å². The highest BCUT2D eigenvalue weighted by Gasteiger charge is 2.33. The fourth-order valence-electron chi connectivity index (χ4n) is 3.94. The van der Waals surface area contributed by atoms with Crippen LogP contribution >= 0.6 is 39.1 Å². The van der Waals surface area contributed by atoms with Crippen LogP contribution in [0.1, 0.15) is 38.8 Å². The van der Waals surface area contributed by atoms with Gasteiger partial charge in [-0.3, -0.25) is 13.9 Å². The van der Waals surface area contributed by atoms with Crippen molar-refractivity contribution < 1.29 is 18.0 Å². The molecule has 0 aromatic heterocycles. The summed E-state index contributed by atoms with van der Waals surface area (Å²) in [6, 6.07) is 17.1. The van der Waals surface area contributed by atoms with E-state index in [2.05, 4.69) is 21.2 Å². The van der Waals surface area contributed by atoms with Crippen LogP contribution in [0.15, 0.2) is 76.1 Å². The molecule has 0 saturated carbocycles. The van der Waals surface area contributed by atoms with E-state index in [1.807, 2.05) is 52.0 Å². The summed E-state index contributed by atoms with van der Waals surface area (Å²) in [4.78, 5) is 28.5. The van der Waals surface area contributed by atoms with Crippen LogP contribution in [0.25, 0.3) is 0 Å². The molecule has 0 bridgehead atoms. The molecule has 214 valence electrons. The quantitative estimate of drug-likeness (QED) is 0.279. The van der Waals surface area contributed by atoms with Crippen LogP contribution in [-0.2, 0) is 26.2 Å². The van der Waals surface area contributed by atoms with E-state index in [9.17, 15) is 18.0 Å². The van der Waals surface area contributed by atoms with Crippen molar-refractivity contribution in [2.45, 2.75) is 57.6 Å². The summed E-state index contributed by atoms with van der Waals surface area (Å²) in [5.41, 5.74) is 1.23. The highest BCUT2D eigenvalue weighted by atomic mass is 79.9. The molecule has 0 aliphatic rings. The highest BCUT2D eigenvalue weighted by molar-refractivity contribution is 9.10. The first kappa shape index (κ1) is 31.9. The van der Waals surface area contributed by atoms with Crippen molar-refractivity contribution in [3.63, 3.8) is 0 Å². The number of carbonyl (C=O) groups is 2. The maximum absolute atomic E-state index is 14.0. The molecule has 11 heteroatoms. The molecule has 0 aliphatic heterocycles. The lowest BCUT2D eigenvalue weighted by Gasteiger charge is -2.33. The second-order valence-electron chi connectivity index (χ2n) is 10.5. The number of carbonyl (C=O) groups excluding carboxylic acids is 2. The van der Waals surface area contributed by atoms with Gasteiger partial charge in [0.05, 0.1) is 10.6 Å². The van der Waals surface area contributed by atoms with E-state index in [4.69, 9.17) is 23.2 Å². The van der Waals surface area contributed by atoms with Crippen LogP contribution in [0.2, 0.25) is 10.0 Å². The van der Waals surface area contributed by atoms with Gasteiger partial charge < -0.3 is 10.2 Å². The van der Waals surface area contributed by atoms with Gasteiger partial charge in [-0.05, 0) is 82.6 Å². The fraction of sp³-hybridized carbons (Fsp3) is 0.310. The molecule has 3 rings (SSSR count). The number of benzene rings is 3. The van der Waals surface area contributed by atoms with E-state index in [1.54, 1.807) is 19.1 Å². The van der Waals surface area contributed by atoms with Crippen LogP contribution in [0.3, 0.4) is 0 Å². The molecule has 0 aliphatic carbocycles. The standard InChI is InChI=1S/C29H32BrCl2N3O4S/c1-19-9-11-26(12-10-19)40(38,39)35(25-15-23(31)14-24(32)16-25)18-27(36)34(17-21-7-6-8-22(30)13-21)20(2)28(37)33-29(3,4)5/h6-16,20H,17-18H2,1-5H3,(H,33,37). The Hall–Kier alpha value is -2.59. The smallest absolute Gasteiger partial charge is 0.264 e. The Bertz CT molecular complexity index is 1470. The van der Waals surface area contributed by atoms with E-state index < -0.39 is 34.1 Å². The summed E-state index contributed by atoms with van der Waals surface area (Å²) in [5, 5.41) is 3.33. The fourth-order valence-corrected chi connectivity index (χ4v) is 6.30. The summed E-state index contributed by atoms with van der Waals surface area (Å²) in [7, 11) is -4.23. The molecule has 7 nitrogen and oxygen atoms in total. The molecule has 0 fully saturated rings. The minimum atomic E-state index is -4.23. The molecule has 1 unspecified atom stereocenters. The predicted molar refractivity (Wildman–Crippen MR) is 164 cm³/mol. The molecular formula is C29H32BrCl2N3O4S. The number of nitrogens with zero attached hydrogens (tertiary/aromatic N) is 2. The SMILES string of the molecule is Cc1ccc(S(=O)(=O)N(CC(=O)N(Cc2cccc(Br)c2)C(C)C(=O)NC(C)(C)C)c2cc(Cl)cc(Cl)c2)cc1. The van der Waals surface area contributed by atoms with E-state index >= 15 is 0 Å². The van der Waals surface area contributed by atoms with Gasteiger partial charge in [0.25, 0.3) is 10.0 Å². The molecule has 0 spiro atoms. The lowest BCUT2D eigenvalue weighted by molar-refractivity contribution is -0.140. The third-order valence-corrected chi connectivity index (χ3v) is 8.65. The Morgan fingerprint density at radius 2 is 1.57 bits per heavy atom. The number of hydrogen-bond donors (Lipinski definition) is 1. The highest BCUT2D eigenvalue weighted by Crippen LogP contribution is 2.30. The number of rotatable bonds is 9. The van der Waals surface area contributed by atoms with Gasteiger partial charge in [0.2, 0.25) is 11.8 Å². The molecule has 3 aromatic carbocycles. The van der Waals surface area contributed by atoms with Gasteiger partial charge in [-0.15, -0.1) is 0 Å². The van der Waals surface area contributed by atoms with Crippen molar-refractivity contribution >= 4 is 66.7 Å². The molecule has 1 atom stereocenters. The van der Waals surface area contributed by atoms with Crippen LogP contribution in [0, 0.1) is 6.92 Å². The monoisotopic (exact) mass is 667 g/mol. The zero-order chi connectivity index (χ0) is 29.8. The number of aryl methyl sites for hydroxylation is 1. The first-order valence-corrected chi connectivity index (χ1v) is 15.5. The maximum Gasteiger partial charge on any atom is 0.264 e. The van der Waals surface area contributed by atoms with Gasteiger partial charge in [-0.1, -0.05) is 69.0 Å². The van der Waals surface area contributed by atoms with Gasteiger partial charge in [-0.2, -0.15) is 0 Å². The summed E-state index contributed by atoms with van der Waals surface area (Å²) >= 11 is 15.9. The second-order valence-corrected chi connectivity index (χ2v) is 14.2. The van der Waals surface area contributed by atoms with E-state index in [-0.39, 0.29) is 33.1 Å². The zero-order valence-corrected chi connectivity index (χ0v) is 26.8. The van der Waals surface area contributed by atoms with E-state index in [0.29, 0.717) is 0 Å². The minimum Gasteiger partial charge on any atom is -0.350 e. The van der Waals surface area contributed by atoms with E-state index in [1.165, 1.54) is 35.2 Å². The van der Waals surface area contributed by atoms with Crippen molar-refractivity contribution in [1.29, 1.82) is 0 Å². The zero-order valence-electron chi connectivity index (χ0n) is 22.9. The lowest BCUT2D eigenvalue weighted by Crippen LogP contribution is -2.54. The third kappa shape index (κ3) is 8.46. The summed E-state index contributed by atoms with van der Waals surface area (Å²) in [5.74, 6) is -0.946. The van der Waals surface area contributed by atoms with Crippen LogP contribution < -0.4 is 9.62 Å². The molecule has 40 heavy (non-hydrogen) atoms. The normalized spacial score (nSPS) is 12.5. The van der Waals surface area contributed by atoms with Gasteiger partial charge in [0, 0.05) is 26.6 Å². The van der Waals surface area contributed by atoms with Crippen LogP contribution in [0.4, 0.5) is 5.69 Å². The molecule has 2 amide bonds.